The van der Waals surface area contributed by atoms with Gasteiger partial charge in [0.2, 0.25) is 0 Å². The number of fused-ring (bicyclic) bond motifs is 1. The van der Waals surface area contributed by atoms with E-state index in [2.05, 4.69) is 0 Å². The third-order valence-electron chi connectivity index (χ3n) is 4.12. The van der Waals surface area contributed by atoms with Crippen LogP contribution in [0.4, 0.5) is 0 Å². The molecule has 1 aromatic heterocycles. The number of esters is 1. The zero-order valence-electron chi connectivity index (χ0n) is 13.6. The molecule has 1 aromatic carbocycles. The summed E-state index contributed by atoms with van der Waals surface area (Å²) in [5.74, 6) is -0.434. The molecule has 0 N–H and O–H groups in total. The van der Waals surface area contributed by atoms with Gasteiger partial charge in [0.1, 0.15) is 0 Å². The Morgan fingerprint density at radius 1 is 1.21 bits per heavy atom. The fraction of sp³-hybridized carbons (Fsp3) is 0.263. The summed E-state index contributed by atoms with van der Waals surface area (Å²) in [5.41, 5.74) is 1.39. The van der Waals surface area contributed by atoms with Gasteiger partial charge in [-0.05, 0) is 32.8 Å². The molecule has 2 aromatic rings. The smallest absolute Gasteiger partial charge is 0.340 e. The molecule has 24 heavy (non-hydrogen) atoms. The van der Waals surface area contributed by atoms with Gasteiger partial charge in [0.25, 0.3) is 5.56 Å². The molecule has 0 saturated carbocycles. The van der Waals surface area contributed by atoms with E-state index in [0.717, 1.165) is 12.8 Å². The number of carbonyl (C=O) groups is 1. The second-order valence-electron chi connectivity index (χ2n) is 5.59. The summed E-state index contributed by atoms with van der Waals surface area (Å²) in [6, 6.07) is 7.08. The summed E-state index contributed by atoms with van der Waals surface area (Å²) in [4.78, 5) is 25.5. The number of halogens is 1. The average Bonchev–Trinajstić information content (AvgIpc) is 2.57. The lowest BCUT2D eigenvalue weighted by atomic mass is 10.0. The van der Waals surface area contributed by atoms with E-state index in [-0.39, 0.29) is 12.2 Å². The largest absolute Gasteiger partial charge is 0.462 e. The van der Waals surface area contributed by atoms with Crippen molar-refractivity contribution in [1.29, 1.82) is 0 Å². The second-order valence-corrected chi connectivity index (χ2v) is 5.99. The van der Waals surface area contributed by atoms with Gasteiger partial charge >= 0.3 is 5.97 Å². The van der Waals surface area contributed by atoms with Crippen molar-refractivity contribution in [3.05, 3.63) is 63.1 Å². The minimum absolute atomic E-state index is 0.184. The lowest BCUT2D eigenvalue weighted by Gasteiger charge is -2.20. The first kappa shape index (κ1) is 16.5. The highest BCUT2D eigenvalue weighted by Crippen LogP contribution is 2.29. The Balaban J connectivity index is 2.39. The van der Waals surface area contributed by atoms with Crippen molar-refractivity contribution >= 4 is 34.0 Å². The maximum absolute atomic E-state index is 13.0. The SMILES string of the molecule is CCOC(=O)c1c(C)n(C2=CCCC=C2Cl)c(=O)c2ccccc12. The summed E-state index contributed by atoms with van der Waals surface area (Å²) in [7, 11) is 0. The van der Waals surface area contributed by atoms with Gasteiger partial charge in [0, 0.05) is 16.5 Å². The molecule has 4 nitrogen and oxygen atoms in total. The molecule has 0 spiro atoms. The van der Waals surface area contributed by atoms with Crippen molar-refractivity contribution < 1.29 is 9.53 Å². The second kappa shape index (κ2) is 6.65. The molecule has 1 aliphatic carbocycles. The maximum Gasteiger partial charge on any atom is 0.340 e. The van der Waals surface area contributed by atoms with Crippen LogP contribution in [0.25, 0.3) is 16.5 Å². The van der Waals surface area contributed by atoms with Gasteiger partial charge in [0.15, 0.2) is 0 Å². The summed E-state index contributed by atoms with van der Waals surface area (Å²) in [6.07, 6.45) is 5.47. The molecule has 1 aliphatic rings. The molecule has 3 rings (SSSR count). The number of hydrogen-bond donors (Lipinski definition) is 0. The Morgan fingerprint density at radius 3 is 2.54 bits per heavy atom. The van der Waals surface area contributed by atoms with Crippen molar-refractivity contribution in [3.8, 4) is 0 Å². The molecule has 1 heterocycles. The van der Waals surface area contributed by atoms with Crippen LogP contribution in [0.3, 0.4) is 0 Å². The standard InChI is InChI=1S/C19H18ClNO3/c1-3-24-19(23)17-12(2)21(16-11-7-6-10-15(16)20)18(22)14-9-5-4-8-13(14)17/h4-5,8-11H,3,6-7H2,1-2H3. The number of benzene rings is 1. The zero-order chi connectivity index (χ0) is 17.3. The monoisotopic (exact) mass is 343 g/mol. The molecule has 0 unspecified atom stereocenters. The number of ether oxygens (including phenoxy) is 1. The first-order valence-electron chi connectivity index (χ1n) is 7.94. The summed E-state index contributed by atoms with van der Waals surface area (Å²) in [5, 5.41) is 1.60. The van der Waals surface area contributed by atoms with E-state index in [1.165, 1.54) is 4.57 Å². The number of carbonyl (C=O) groups excluding carboxylic acids is 1. The van der Waals surface area contributed by atoms with Crippen molar-refractivity contribution in [1.82, 2.24) is 4.57 Å². The highest BCUT2D eigenvalue weighted by Gasteiger charge is 2.23. The molecular formula is C19H18ClNO3. The molecule has 0 fully saturated rings. The lowest BCUT2D eigenvalue weighted by molar-refractivity contribution is 0.0527. The van der Waals surface area contributed by atoms with Crippen molar-refractivity contribution in [3.63, 3.8) is 0 Å². The lowest BCUT2D eigenvalue weighted by Crippen LogP contribution is -2.26. The zero-order valence-corrected chi connectivity index (χ0v) is 14.4. The third kappa shape index (κ3) is 2.67. The number of allylic oxidation sites excluding steroid dienone is 4. The highest BCUT2D eigenvalue weighted by molar-refractivity contribution is 6.36. The van der Waals surface area contributed by atoms with Crippen LogP contribution in [0.15, 0.2) is 46.2 Å². The van der Waals surface area contributed by atoms with E-state index in [1.54, 1.807) is 38.1 Å². The van der Waals surface area contributed by atoms with Crippen LogP contribution >= 0.6 is 11.6 Å². The minimum atomic E-state index is -0.434. The van der Waals surface area contributed by atoms with Gasteiger partial charge in [-0.2, -0.15) is 0 Å². The fourth-order valence-electron chi connectivity index (χ4n) is 3.05. The predicted molar refractivity (Wildman–Crippen MR) is 96.3 cm³/mol. The third-order valence-corrected chi connectivity index (χ3v) is 4.47. The number of hydrogen-bond acceptors (Lipinski definition) is 3. The van der Waals surface area contributed by atoms with Crippen LogP contribution in [0.5, 0.6) is 0 Å². The molecule has 0 bridgehead atoms. The number of aromatic nitrogens is 1. The van der Waals surface area contributed by atoms with Crippen LogP contribution in [0.1, 0.15) is 35.8 Å². The van der Waals surface area contributed by atoms with Crippen molar-refractivity contribution in [2.75, 3.05) is 6.61 Å². The quantitative estimate of drug-likeness (QED) is 0.783. The van der Waals surface area contributed by atoms with Gasteiger partial charge in [-0.1, -0.05) is 42.0 Å². The Labute approximate surface area is 145 Å². The molecule has 0 amide bonds. The first-order chi connectivity index (χ1) is 11.6. The van der Waals surface area contributed by atoms with Gasteiger partial charge in [-0.15, -0.1) is 0 Å². The van der Waals surface area contributed by atoms with Crippen molar-refractivity contribution in [2.24, 2.45) is 0 Å². The Bertz CT molecular complexity index is 938. The molecule has 124 valence electrons. The fourth-order valence-corrected chi connectivity index (χ4v) is 3.32. The highest BCUT2D eigenvalue weighted by atomic mass is 35.5. The molecule has 0 atom stereocenters. The normalized spacial score (nSPS) is 14.3. The Hall–Kier alpha value is -2.33. The van der Waals surface area contributed by atoms with E-state index in [1.807, 2.05) is 12.2 Å². The maximum atomic E-state index is 13.0. The van der Waals surface area contributed by atoms with Crippen LogP contribution in [-0.4, -0.2) is 17.1 Å². The van der Waals surface area contributed by atoms with E-state index in [9.17, 15) is 9.59 Å². The van der Waals surface area contributed by atoms with Crippen LogP contribution in [-0.2, 0) is 4.74 Å². The van der Waals surface area contributed by atoms with E-state index in [4.69, 9.17) is 16.3 Å². The van der Waals surface area contributed by atoms with Crippen LogP contribution in [0, 0.1) is 6.92 Å². The van der Waals surface area contributed by atoms with Gasteiger partial charge < -0.3 is 4.74 Å². The van der Waals surface area contributed by atoms with Crippen molar-refractivity contribution in [2.45, 2.75) is 26.7 Å². The van der Waals surface area contributed by atoms with E-state index in [0.29, 0.717) is 32.8 Å². The number of pyridine rings is 1. The van der Waals surface area contributed by atoms with E-state index >= 15 is 0 Å². The van der Waals surface area contributed by atoms with E-state index < -0.39 is 5.97 Å². The Morgan fingerprint density at radius 2 is 1.88 bits per heavy atom. The molecule has 0 aliphatic heterocycles. The summed E-state index contributed by atoms with van der Waals surface area (Å²) in [6.45, 7) is 3.78. The van der Waals surface area contributed by atoms with Gasteiger partial charge in [0.05, 0.1) is 22.9 Å². The average molecular weight is 344 g/mol. The molecule has 0 saturated heterocycles. The minimum Gasteiger partial charge on any atom is -0.462 e. The van der Waals surface area contributed by atoms with Crippen LogP contribution in [0.2, 0.25) is 0 Å². The molecular weight excluding hydrogens is 326 g/mol. The first-order valence-corrected chi connectivity index (χ1v) is 8.32. The Kier molecular flexibility index (Phi) is 4.58. The van der Waals surface area contributed by atoms with Crippen LogP contribution < -0.4 is 5.56 Å². The summed E-state index contributed by atoms with van der Waals surface area (Å²) >= 11 is 6.32. The predicted octanol–water partition coefficient (Wildman–Crippen LogP) is 4.24. The van der Waals surface area contributed by atoms with Gasteiger partial charge in [-0.25, -0.2) is 4.79 Å². The molecule has 0 radical (unpaired) electrons. The van der Waals surface area contributed by atoms with Gasteiger partial charge in [-0.3, -0.25) is 9.36 Å². The number of nitrogens with zero attached hydrogens (tertiary/aromatic N) is 1. The summed E-state index contributed by atoms with van der Waals surface area (Å²) < 4.78 is 6.72. The number of rotatable bonds is 3. The topological polar surface area (TPSA) is 48.3 Å². The molecule has 5 heteroatoms.